The molecule has 0 unspecified atom stereocenters. The minimum Gasteiger partial charge on any atom is -0.497 e. The second-order valence-electron chi connectivity index (χ2n) is 6.44. The molecule has 0 spiro atoms. The van der Waals surface area contributed by atoms with Crippen LogP contribution in [0.2, 0.25) is 0 Å². The van der Waals surface area contributed by atoms with Crippen LogP contribution in [-0.4, -0.2) is 54.8 Å². The Bertz CT molecular complexity index is 969. The monoisotopic (exact) mass is 417 g/mol. The lowest BCUT2D eigenvalue weighted by Gasteiger charge is -2.34. The smallest absolute Gasteiger partial charge is 0.233 e. The Kier molecular flexibility index (Phi) is 5.68. The molecule has 1 amide bonds. The number of methoxy groups -OCH3 is 1. The molecule has 28 heavy (non-hydrogen) atoms. The summed E-state index contributed by atoms with van der Waals surface area (Å²) in [6.07, 6.45) is 0. The van der Waals surface area contributed by atoms with Crippen molar-refractivity contribution in [3.63, 3.8) is 0 Å². The second kappa shape index (κ2) is 8.36. The summed E-state index contributed by atoms with van der Waals surface area (Å²) < 4.78 is 19.4. The molecule has 8 heteroatoms. The van der Waals surface area contributed by atoms with Crippen molar-refractivity contribution >= 4 is 44.4 Å². The third-order valence-corrected chi connectivity index (χ3v) is 6.74. The van der Waals surface area contributed by atoms with E-state index < -0.39 is 0 Å². The molecule has 0 aliphatic carbocycles. The molecule has 1 aliphatic heterocycles. The van der Waals surface area contributed by atoms with Crippen LogP contribution in [0.25, 0.3) is 10.2 Å². The number of carbonyl (C=O) groups is 1. The number of hydrogen-bond acceptors (Lipinski definition) is 6. The number of benzene rings is 2. The largest absolute Gasteiger partial charge is 0.497 e. The number of thioether (sulfide) groups is 1. The third kappa shape index (κ3) is 4.23. The van der Waals surface area contributed by atoms with Gasteiger partial charge in [0.25, 0.3) is 0 Å². The Labute approximate surface area is 171 Å². The highest BCUT2D eigenvalue weighted by molar-refractivity contribution is 8.00. The normalized spacial score (nSPS) is 14.5. The van der Waals surface area contributed by atoms with Gasteiger partial charge in [0.1, 0.15) is 11.6 Å². The summed E-state index contributed by atoms with van der Waals surface area (Å²) >= 11 is 3.03. The maximum Gasteiger partial charge on any atom is 0.233 e. The molecular weight excluding hydrogens is 397 g/mol. The summed E-state index contributed by atoms with van der Waals surface area (Å²) in [5, 5.41) is 0.889. The van der Waals surface area contributed by atoms with Crippen molar-refractivity contribution in [3.05, 3.63) is 48.3 Å². The van der Waals surface area contributed by atoms with E-state index in [2.05, 4.69) is 9.88 Å². The lowest BCUT2D eigenvalue weighted by Crippen LogP contribution is -2.49. The minimum atomic E-state index is -0.243. The van der Waals surface area contributed by atoms with Crippen molar-refractivity contribution in [3.8, 4) is 5.75 Å². The van der Waals surface area contributed by atoms with E-state index in [-0.39, 0.29) is 11.7 Å². The summed E-state index contributed by atoms with van der Waals surface area (Å²) in [4.78, 5) is 22.2. The molecule has 1 aliphatic rings. The second-order valence-corrected chi connectivity index (χ2v) is 8.50. The van der Waals surface area contributed by atoms with Crippen LogP contribution in [0.3, 0.4) is 0 Å². The summed E-state index contributed by atoms with van der Waals surface area (Å²) in [7, 11) is 1.64. The van der Waals surface area contributed by atoms with Crippen molar-refractivity contribution in [2.45, 2.75) is 4.90 Å². The number of thiazole rings is 1. The standard InChI is InChI=1S/C20H20FN3O2S2/c1-26-15-3-5-16(6-4-15)27-13-19(25)23-8-10-24(11-9-23)20-22-17-7-2-14(21)12-18(17)28-20/h2-7,12H,8-11,13H2,1H3. The number of fused-ring (bicyclic) bond motifs is 1. The van der Waals surface area contributed by atoms with Gasteiger partial charge in [0.2, 0.25) is 5.91 Å². The first kappa shape index (κ1) is 19.0. The van der Waals surface area contributed by atoms with Gasteiger partial charge in [-0.1, -0.05) is 11.3 Å². The predicted molar refractivity (Wildman–Crippen MR) is 112 cm³/mol. The molecule has 2 heterocycles. The van der Waals surface area contributed by atoms with Crippen molar-refractivity contribution in [1.29, 1.82) is 0 Å². The Hall–Kier alpha value is -2.32. The molecule has 146 valence electrons. The Morgan fingerprint density at radius 2 is 1.93 bits per heavy atom. The first-order valence-corrected chi connectivity index (χ1v) is 10.8. The van der Waals surface area contributed by atoms with E-state index in [1.807, 2.05) is 29.2 Å². The van der Waals surface area contributed by atoms with Crippen LogP contribution in [0.5, 0.6) is 5.75 Å². The zero-order valence-corrected chi connectivity index (χ0v) is 17.1. The Balaban J connectivity index is 1.30. The van der Waals surface area contributed by atoms with Gasteiger partial charge in [-0.05, 0) is 42.5 Å². The Morgan fingerprint density at radius 1 is 1.18 bits per heavy atom. The molecule has 1 fully saturated rings. The average Bonchev–Trinajstić information content (AvgIpc) is 3.15. The van der Waals surface area contributed by atoms with E-state index >= 15 is 0 Å². The fraction of sp³-hybridized carbons (Fsp3) is 0.300. The lowest BCUT2D eigenvalue weighted by molar-refractivity contribution is -0.128. The minimum absolute atomic E-state index is 0.145. The van der Waals surface area contributed by atoms with Gasteiger partial charge < -0.3 is 14.5 Å². The molecular formula is C20H20FN3O2S2. The van der Waals surface area contributed by atoms with Crippen LogP contribution >= 0.6 is 23.1 Å². The summed E-state index contributed by atoms with van der Waals surface area (Å²) in [5.41, 5.74) is 0.816. The highest BCUT2D eigenvalue weighted by Crippen LogP contribution is 2.30. The highest BCUT2D eigenvalue weighted by Gasteiger charge is 2.23. The van der Waals surface area contributed by atoms with Gasteiger partial charge in [-0.25, -0.2) is 9.37 Å². The van der Waals surface area contributed by atoms with Crippen LogP contribution in [-0.2, 0) is 4.79 Å². The van der Waals surface area contributed by atoms with Crippen molar-refractivity contribution in [2.24, 2.45) is 0 Å². The lowest BCUT2D eigenvalue weighted by atomic mass is 10.3. The quantitative estimate of drug-likeness (QED) is 0.590. The SMILES string of the molecule is COc1ccc(SCC(=O)N2CCN(c3nc4ccc(F)cc4s3)CC2)cc1. The maximum atomic E-state index is 13.4. The van der Waals surface area contributed by atoms with Gasteiger partial charge in [0, 0.05) is 31.1 Å². The number of amides is 1. The van der Waals surface area contributed by atoms with Crippen LogP contribution in [0.4, 0.5) is 9.52 Å². The van der Waals surface area contributed by atoms with E-state index in [1.54, 1.807) is 13.2 Å². The molecule has 1 aromatic heterocycles. The first-order valence-electron chi connectivity index (χ1n) is 8.98. The van der Waals surface area contributed by atoms with Gasteiger partial charge in [0.05, 0.1) is 23.1 Å². The molecule has 0 radical (unpaired) electrons. The number of rotatable bonds is 5. The number of anilines is 1. The topological polar surface area (TPSA) is 45.7 Å². The first-order chi connectivity index (χ1) is 13.6. The zero-order valence-electron chi connectivity index (χ0n) is 15.4. The predicted octanol–water partition coefficient (Wildman–Crippen LogP) is 3.88. The summed E-state index contributed by atoms with van der Waals surface area (Å²) in [6.45, 7) is 2.82. The number of piperazine rings is 1. The van der Waals surface area contributed by atoms with E-state index in [4.69, 9.17) is 4.74 Å². The number of aromatic nitrogens is 1. The Morgan fingerprint density at radius 3 is 2.64 bits per heavy atom. The van der Waals surface area contributed by atoms with Crippen LogP contribution in [0.1, 0.15) is 0 Å². The average molecular weight is 418 g/mol. The van der Waals surface area contributed by atoms with Crippen molar-refractivity contribution < 1.29 is 13.9 Å². The van der Waals surface area contributed by atoms with Gasteiger partial charge in [-0.15, -0.1) is 11.8 Å². The van der Waals surface area contributed by atoms with E-state index in [1.165, 1.54) is 35.2 Å². The third-order valence-electron chi connectivity index (χ3n) is 4.66. The van der Waals surface area contributed by atoms with Crippen molar-refractivity contribution in [1.82, 2.24) is 9.88 Å². The molecule has 0 atom stereocenters. The molecule has 0 bridgehead atoms. The molecule has 0 saturated carbocycles. The molecule has 1 saturated heterocycles. The van der Waals surface area contributed by atoms with Gasteiger partial charge >= 0.3 is 0 Å². The maximum absolute atomic E-state index is 13.4. The van der Waals surface area contributed by atoms with Gasteiger partial charge in [-0.2, -0.15) is 0 Å². The fourth-order valence-electron chi connectivity index (χ4n) is 3.08. The van der Waals surface area contributed by atoms with Crippen LogP contribution < -0.4 is 9.64 Å². The number of halogens is 1. The fourth-order valence-corrected chi connectivity index (χ4v) is 4.92. The number of hydrogen-bond donors (Lipinski definition) is 0. The number of ether oxygens (including phenoxy) is 1. The zero-order chi connectivity index (χ0) is 19.5. The van der Waals surface area contributed by atoms with Gasteiger partial charge in [-0.3, -0.25) is 4.79 Å². The number of nitrogens with zero attached hydrogens (tertiary/aromatic N) is 3. The van der Waals surface area contributed by atoms with E-state index in [0.29, 0.717) is 18.8 Å². The highest BCUT2D eigenvalue weighted by atomic mass is 32.2. The van der Waals surface area contributed by atoms with Crippen LogP contribution in [0, 0.1) is 5.82 Å². The van der Waals surface area contributed by atoms with E-state index in [9.17, 15) is 9.18 Å². The molecule has 4 rings (SSSR count). The summed E-state index contributed by atoms with van der Waals surface area (Å²) in [6, 6.07) is 12.4. The van der Waals surface area contributed by atoms with Crippen molar-refractivity contribution in [2.75, 3.05) is 43.9 Å². The molecule has 0 N–H and O–H groups in total. The molecule has 2 aromatic carbocycles. The molecule has 3 aromatic rings. The molecule has 5 nitrogen and oxygen atoms in total. The summed E-state index contributed by atoms with van der Waals surface area (Å²) in [5.74, 6) is 1.14. The van der Waals surface area contributed by atoms with E-state index in [0.717, 1.165) is 39.1 Å². The van der Waals surface area contributed by atoms with Gasteiger partial charge in [0.15, 0.2) is 5.13 Å². The van der Waals surface area contributed by atoms with Crippen LogP contribution in [0.15, 0.2) is 47.4 Å². The number of carbonyl (C=O) groups excluding carboxylic acids is 1.